The summed E-state index contributed by atoms with van der Waals surface area (Å²) in [6, 6.07) is 6.99. The standard InChI is InChI=1S/C21H28N4O3S/c1-2-13-29(27,28)25-12-6-9-19(25)21(26)22-17-8-5-7-16(14-17)18-15-24-11-4-3-10-20(24)23-18/h5,7-8,14-15,19H,2-4,6,9-13H2,1H3,(H,22,26). The second-order valence-electron chi connectivity index (χ2n) is 7.85. The largest absolute Gasteiger partial charge is 0.334 e. The summed E-state index contributed by atoms with van der Waals surface area (Å²) >= 11 is 0. The van der Waals surface area contributed by atoms with Crippen molar-refractivity contribution in [1.29, 1.82) is 0 Å². The molecule has 4 rings (SSSR count). The molecule has 8 heteroatoms. The Bertz CT molecular complexity index is 976. The van der Waals surface area contributed by atoms with Gasteiger partial charge in [0.15, 0.2) is 0 Å². The fourth-order valence-corrected chi connectivity index (χ4v) is 5.99. The van der Waals surface area contributed by atoms with Crippen molar-refractivity contribution < 1.29 is 13.2 Å². The van der Waals surface area contributed by atoms with Crippen LogP contribution in [0.4, 0.5) is 5.69 Å². The molecule has 2 aliphatic heterocycles. The van der Waals surface area contributed by atoms with Gasteiger partial charge >= 0.3 is 0 Å². The summed E-state index contributed by atoms with van der Waals surface area (Å²) < 4.78 is 28.5. The number of hydrogen-bond acceptors (Lipinski definition) is 4. The van der Waals surface area contributed by atoms with Gasteiger partial charge in [-0.3, -0.25) is 4.79 Å². The summed E-state index contributed by atoms with van der Waals surface area (Å²) in [6.45, 7) is 3.26. The molecular formula is C21H28N4O3S. The predicted octanol–water partition coefficient (Wildman–Crippen LogP) is 3.03. The molecule has 0 radical (unpaired) electrons. The Morgan fingerprint density at radius 2 is 2.10 bits per heavy atom. The normalized spacial score (nSPS) is 19.8. The lowest BCUT2D eigenvalue weighted by atomic mass is 10.1. The Morgan fingerprint density at radius 3 is 2.90 bits per heavy atom. The van der Waals surface area contributed by atoms with E-state index in [9.17, 15) is 13.2 Å². The van der Waals surface area contributed by atoms with Gasteiger partial charge in [-0.2, -0.15) is 4.31 Å². The quantitative estimate of drug-likeness (QED) is 0.784. The van der Waals surface area contributed by atoms with E-state index in [1.165, 1.54) is 17.1 Å². The minimum Gasteiger partial charge on any atom is -0.334 e. The summed E-state index contributed by atoms with van der Waals surface area (Å²) in [5, 5.41) is 2.92. The van der Waals surface area contributed by atoms with E-state index in [1.54, 1.807) is 0 Å². The maximum absolute atomic E-state index is 12.8. The van der Waals surface area contributed by atoms with E-state index in [0.29, 0.717) is 31.5 Å². The van der Waals surface area contributed by atoms with Crippen LogP contribution in [0.3, 0.4) is 0 Å². The number of nitrogens with one attached hydrogen (secondary N) is 1. The van der Waals surface area contributed by atoms with E-state index in [4.69, 9.17) is 4.98 Å². The fraction of sp³-hybridized carbons (Fsp3) is 0.524. The van der Waals surface area contributed by atoms with Crippen molar-refractivity contribution >= 4 is 21.6 Å². The van der Waals surface area contributed by atoms with Crippen LogP contribution in [-0.4, -0.2) is 46.5 Å². The molecule has 0 bridgehead atoms. The van der Waals surface area contributed by atoms with E-state index in [2.05, 4.69) is 16.1 Å². The number of carbonyl (C=O) groups is 1. The Labute approximate surface area is 172 Å². The van der Waals surface area contributed by atoms with Gasteiger partial charge in [-0.25, -0.2) is 13.4 Å². The van der Waals surface area contributed by atoms with Crippen molar-refractivity contribution in [1.82, 2.24) is 13.9 Å². The molecule has 1 fully saturated rings. The van der Waals surface area contributed by atoms with Crippen LogP contribution in [0.2, 0.25) is 0 Å². The summed E-state index contributed by atoms with van der Waals surface area (Å²) in [5.74, 6) is 0.934. The van der Waals surface area contributed by atoms with E-state index < -0.39 is 16.1 Å². The average Bonchev–Trinajstić information content (AvgIpc) is 3.36. The molecule has 1 aromatic carbocycles. The predicted molar refractivity (Wildman–Crippen MR) is 113 cm³/mol. The maximum atomic E-state index is 12.8. The van der Waals surface area contributed by atoms with Gasteiger partial charge in [0.05, 0.1) is 11.4 Å². The fourth-order valence-electron chi connectivity index (χ4n) is 4.24. The van der Waals surface area contributed by atoms with Crippen molar-refractivity contribution in [2.75, 3.05) is 17.6 Å². The van der Waals surface area contributed by atoms with Crippen molar-refractivity contribution in [3.63, 3.8) is 0 Å². The SMILES string of the molecule is CCCS(=O)(=O)N1CCCC1C(=O)Nc1cccc(-c2cn3c(n2)CCCC3)c1. The van der Waals surface area contributed by atoms with Gasteiger partial charge < -0.3 is 9.88 Å². The van der Waals surface area contributed by atoms with E-state index in [-0.39, 0.29) is 11.7 Å². The number of rotatable bonds is 6. The number of aromatic nitrogens is 2. The van der Waals surface area contributed by atoms with Crippen molar-refractivity contribution in [3.8, 4) is 11.3 Å². The highest BCUT2D eigenvalue weighted by atomic mass is 32.2. The van der Waals surface area contributed by atoms with E-state index in [1.807, 2.05) is 31.2 Å². The molecule has 156 valence electrons. The van der Waals surface area contributed by atoms with Crippen LogP contribution in [0, 0.1) is 0 Å². The lowest BCUT2D eigenvalue weighted by Gasteiger charge is -2.23. The first-order chi connectivity index (χ1) is 14.0. The highest BCUT2D eigenvalue weighted by molar-refractivity contribution is 7.89. The third kappa shape index (κ3) is 4.23. The van der Waals surface area contributed by atoms with Crippen LogP contribution in [0.5, 0.6) is 0 Å². The van der Waals surface area contributed by atoms with Crippen LogP contribution in [0.25, 0.3) is 11.3 Å². The molecular weight excluding hydrogens is 388 g/mol. The molecule has 1 atom stereocenters. The molecule has 2 aliphatic rings. The van der Waals surface area contributed by atoms with Crippen molar-refractivity contribution in [3.05, 3.63) is 36.3 Å². The number of sulfonamides is 1. The third-order valence-corrected chi connectivity index (χ3v) is 7.74. The van der Waals surface area contributed by atoms with E-state index in [0.717, 1.165) is 30.0 Å². The molecule has 1 aromatic heterocycles. The van der Waals surface area contributed by atoms with Crippen molar-refractivity contribution in [2.45, 2.75) is 58.0 Å². The molecule has 0 saturated carbocycles. The van der Waals surface area contributed by atoms with Gasteiger partial charge in [0.25, 0.3) is 0 Å². The number of imidazole rings is 1. The van der Waals surface area contributed by atoms with Crippen LogP contribution >= 0.6 is 0 Å². The maximum Gasteiger partial charge on any atom is 0.242 e. The molecule has 0 aliphatic carbocycles. The Hall–Kier alpha value is -2.19. The number of benzene rings is 1. The van der Waals surface area contributed by atoms with Crippen molar-refractivity contribution in [2.24, 2.45) is 0 Å². The van der Waals surface area contributed by atoms with Gasteiger partial charge in [-0.05, 0) is 44.2 Å². The van der Waals surface area contributed by atoms with Crippen LogP contribution in [0.15, 0.2) is 30.5 Å². The minimum absolute atomic E-state index is 0.0806. The summed E-state index contributed by atoms with van der Waals surface area (Å²) in [5.41, 5.74) is 2.52. The van der Waals surface area contributed by atoms with Gasteiger partial charge in [0.2, 0.25) is 15.9 Å². The number of anilines is 1. The Kier molecular flexibility index (Phi) is 5.74. The first-order valence-corrected chi connectivity index (χ1v) is 12.1. The Balaban J connectivity index is 1.50. The topological polar surface area (TPSA) is 84.3 Å². The zero-order chi connectivity index (χ0) is 20.4. The number of carbonyl (C=O) groups excluding carboxylic acids is 1. The van der Waals surface area contributed by atoms with E-state index >= 15 is 0 Å². The Morgan fingerprint density at radius 1 is 1.24 bits per heavy atom. The number of hydrogen-bond donors (Lipinski definition) is 1. The molecule has 1 saturated heterocycles. The number of fused-ring (bicyclic) bond motifs is 1. The number of aryl methyl sites for hydroxylation is 2. The average molecular weight is 417 g/mol. The molecule has 1 N–H and O–H groups in total. The van der Waals surface area contributed by atoms with Crippen LogP contribution in [0.1, 0.15) is 44.9 Å². The lowest BCUT2D eigenvalue weighted by Crippen LogP contribution is -2.44. The molecule has 7 nitrogen and oxygen atoms in total. The van der Waals surface area contributed by atoms with Gasteiger partial charge in [-0.15, -0.1) is 0 Å². The highest BCUT2D eigenvalue weighted by Crippen LogP contribution is 2.27. The number of nitrogens with zero attached hydrogens (tertiary/aromatic N) is 3. The molecule has 3 heterocycles. The summed E-state index contributed by atoms with van der Waals surface area (Å²) in [7, 11) is -3.39. The van der Waals surface area contributed by atoms with Crippen LogP contribution < -0.4 is 5.32 Å². The minimum atomic E-state index is -3.39. The molecule has 1 amide bonds. The smallest absolute Gasteiger partial charge is 0.242 e. The van der Waals surface area contributed by atoms with Gasteiger partial charge in [0, 0.05) is 37.0 Å². The number of amides is 1. The summed E-state index contributed by atoms with van der Waals surface area (Å²) in [6.07, 6.45) is 7.24. The monoisotopic (exact) mass is 416 g/mol. The lowest BCUT2D eigenvalue weighted by molar-refractivity contribution is -0.119. The molecule has 1 unspecified atom stereocenters. The second-order valence-corrected chi connectivity index (χ2v) is 9.89. The first kappa shape index (κ1) is 20.1. The zero-order valence-electron chi connectivity index (χ0n) is 16.8. The van der Waals surface area contributed by atoms with Crippen LogP contribution in [-0.2, 0) is 27.8 Å². The second kappa shape index (κ2) is 8.28. The highest BCUT2D eigenvalue weighted by Gasteiger charge is 2.38. The zero-order valence-corrected chi connectivity index (χ0v) is 17.6. The third-order valence-electron chi connectivity index (χ3n) is 5.66. The van der Waals surface area contributed by atoms with Gasteiger partial charge in [-0.1, -0.05) is 19.1 Å². The first-order valence-electron chi connectivity index (χ1n) is 10.4. The van der Waals surface area contributed by atoms with Gasteiger partial charge in [0.1, 0.15) is 11.9 Å². The summed E-state index contributed by atoms with van der Waals surface area (Å²) in [4.78, 5) is 17.6. The molecule has 2 aromatic rings. The molecule has 29 heavy (non-hydrogen) atoms. The molecule has 0 spiro atoms.